The fourth-order valence-electron chi connectivity index (χ4n) is 2.07. The van der Waals surface area contributed by atoms with Crippen LogP contribution in [-0.2, 0) is 4.79 Å². The molecule has 0 atom stereocenters. The maximum Gasteiger partial charge on any atom is 0.266 e. The number of hydrogen-bond acceptors (Lipinski definition) is 4. The van der Waals surface area contributed by atoms with Gasteiger partial charge in [-0.1, -0.05) is 23.2 Å². The van der Waals surface area contributed by atoms with E-state index in [-0.39, 0.29) is 5.57 Å². The maximum absolute atomic E-state index is 12.3. The van der Waals surface area contributed by atoms with Gasteiger partial charge in [-0.05, 0) is 36.4 Å². The molecular formula is C18H14Cl2N2O3. The monoisotopic (exact) mass is 376 g/mol. The van der Waals surface area contributed by atoms with Crippen molar-refractivity contribution in [2.45, 2.75) is 0 Å². The molecule has 1 amide bonds. The molecule has 0 saturated heterocycles. The number of carbonyl (C=O) groups excluding carboxylic acids is 1. The summed E-state index contributed by atoms with van der Waals surface area (Å²) < 4.78 is 10.4. The molecule has 2 rings (SSSR count). The van der Waals surface area contributed by atoms with Crippen molar-refractivity contribution in [3.05, 3.63) is 57.6 Å². The zero-order valence-corrected chi connectivity index (χ0v) is 15.0. The number of benzene rings is 2. The smallest absolute Gasteiger partial charge is 0.266 e. The molecule has 0 radical (unpaired) electrons. The number of halogens is 2. The first kappa shape index (κ1) is 18.7. The third kappa shape index (κ3) is 4.90. The van der Waals surface area contributed by atoms with Gasteiger partial charge in [-0.2, -0.15) is 5.26 Å². The first-order valence-corrected chi connectivity index (χ1v) is 7.83. The number of nitriles is 1. The summed E-state index contributed by atoms with van der Waals surface area (Å²) >= 11 is 11.8. The van der Waals surface area contributed by atoms with Gasteiger partial charge in [-0.25, -0.2) is 0 Å². The summed E-state index contributed by atoms with van der Waals surface area (Å²) in [5.41, 5.74) is 0.865. The molecule has 2 aromatic carbocycles. The van der Waals surface area contributed by atoms with E-state index in [4.69, 9.17) is 32.7 Å². The van der Waals surface area contributed by atoms with E-state index in [1.807, 2.05) is 6.07 Å². The highest BCUT2D eigenvalue weighted by Gasteiger charge is 2.12. The van der Waals surface area contributed by atoms with Gasteiger partial charge >= 0.3 is 0 Å². The Bertz CT molecular complexity index is 853. The molecule has 0 aliphatic carbocycles. The molecular weight excluding hydrogens is 363 g/mol. The molecule has 25 heavy (non-hydrogen) atoms. The standard InChI is InChI=1S/C18H14Cl2N2O3/c1-24-16-4-3-11(17(9-16)25-2)5-12(10-21)18(23)22-15-7-13(19)6-14(20)8-15/h3-9H,1-2H3,(H,22,23)/b12-5+. The van der Waals surface area contributed by atoms with Gasteiger partial charge in [-0.3, -0.25) is 4.79 Å². The highest BCUT2D eigenvalue weighted by Crippen LogP contribution is 2.27. The third-order valence-corrected chi connectivity index (χ3v) is 3.66. The van der Waals surface area contributed by atoms with E-state index in [1.165, 1.54) is 32.4 Å². The summed E-state index contributed by atoms with van der Waals surface area (Å²) in [4.78, 5) is 12.3. The molecule has 0 saturated carbocycles. The molecule has 0 aliphatic rings. The normalized spacial score (nSPS) is 10.8. The molecule has 0 bridgehead atoms. The number of nitrogens with zero attached hydrogens (tertiary/aromatic N) is 1. The molecule has 0 fully saturated rings. The summed E-state index contributed by atoms with van der Waals surface area (Å²) in [7, 11) is 3.03. The van der Waals surface area contributed by atoms with Crippen molar-refractivity contribution < 1.29 is 14.3 Å². The van der Waals surface area contributed by atoms with Crippen LogP contribution in [0.25, 0.3) is 6.08 Å². The van der Waals surface area contributed by atoms with E-state index in [1.54, 1.807) is 24.3 Å². The molecule has 7 heteroatoms. The van der Waals surface area contributed by atoms with Gasteiger partial charge in [0.2, 0.25) is 0 Å². The molecule has 1 N–H and O–H groups in total. The molecule has 0 aliphatic heterocycles. The lowest BCUT2D eigenvalue weighted by Crippen LogP contribution is -2.13. The molecule has 2 aromatic rings. The summed E-state index contributed by atoms with van der Waals surface area (Å²) in [5.74, 6) is 0.495. The SMILES string of the molecule is COc1ccc(/C=C(\C#N)C(=O)Nc2cc(Cl)cc(Cl)c2)c(OC)c1. The number of ether oxygens (including phenoxy) is 2. The van der Waals surface area contributed by atoms with Gasteiger partial charge < -0.3 is 14.8 Å². The van der Waals surface area contributed by atoms with Gasteiger partial charge in [0.15, 0.2) is 0 Å². The van der Waals surface area contributed by atoms with Gasteiger partial charge in [-0.15, -0.1) is 0 Å². The lowest BCUT2D eigenvalue weighted by molar-refractivity contribution is -0.112. The predicted octanol–water partition coefficient (Wildman–Crippen LogP) is 4.56. The van der Waals surface area contributed by atoms with Gasteiger partial charge in [0.05, 0.1) is 14.2 Å². The number of rotatable bonds is 5. The average molecular weight is 377 g/mol. The fourth-order valence-corrected chi connectivity index (χ4v) is 2.59. The highest BCUT2D eigenvalue weighted by molar-refractivity contribution is 6.35. The second-order valence-electron chi connectivity index (χ2n) is 4.89. The number of carbonyl (C=O) groups is 1. The van der Waals surface area contributed by atoms with Crippen LogP contribution >= 0.6 is 23.2 Å². The molecule has 0 heterocycles. The fraction of sp³-hybridized carbons (Fsp3) is 0.111. The minimum Gasteiger partial charge on any atom is -0.497 e. The number of methoxy groups -OCH3 is 2. The van der Waals surface area contributed by atoms with E-state index in [0.29, 0.717) is 32.8 Å². The van der Waals surface area contributed by atoms with E-state index >= 15 is 0 Å². The van der Waals surface area contributed by atoms with Crippen LogP contribution in [0.5, 0.6) is 11.5 Å². The first-order valence-electron chi connectivity index (χ1n) is 7.08. The third-order valence-electron chi connectivity index (χ3n) is 3.23. The predicted molar refractivity (Wildman–Crippen MR) is 98.2 cm³/mol. The van der Waals surface area contributed by atoms with Crippen molar-refractivity contribution in [2.75, 3.05) is 19.5 Å². The molecule has 0 unspecified atom stereocenters. The second kappa shape index (κ2) is 8.43. The Labute approximate surface area is 155 Å². The molecule has 0 aromatic heterocycles. The van der Waals surface area contributed by atoms with Crippen LogP contribution in [0.2, 0.25) is 10.0 Å². The Balaban J connectivity index is 2.31. The Morgan fingerprint density at radius 2 is 1.80 bits per heavy atom. The van der Waals surface area contributed by atoms with Gasteiger partial charge in [0, 0.05) is 27.4 Å². The van der Waals surface area contributed by atoms with Crippen LogP contribution in [0, 0.1) is 11.3 Å². The maximum atomic E-state index is 12.3. The van der Waals surface area contributed by atoms with Crippen LogP contribution in [0.1, 0.15) is 5.56 Å². The summed E-state index contributed by atoms with van der Waals surface area (Å²) in [6.45, 7) is 0. The number of nitrogens with one attached hydrogen (secondary N) is 1. The van der Waals surface area contributed by atoms with E-state index < -0.39 is 5.91 Å². The Hall–Kier alpha value is -2.68. The van der Waals surface area contributed by atoms with Crippen LogP contribution in [-0.4, -0.2) is 20.1 Å². The number of amides is 1. The number of anilines is 1. The minimum atomic E-state index is -0.585. The first-order chi connectivity index (χ1) is 12.0. The Morgan fingerprint density at radius 1 is 1.12 bits per heavy atom. The molecule has 5 nitrogen and oxygen atoms in total. The second-order valence-corrected chi connectivity index (χ2v) is 5.76. The van der Waals surface area contributed by atoms with E-state index in [2.05, 4.69) is 5.32 Å². The number of hydrogen-bond donors (Lipinski definition) is 1. The van der Waals surface area contributed by atoms with Crippen LogP contribution in [0.4, 0.5) is 5.69 Å². The van der Waals surface area contributed by atoms with Gasteiger partial charge in [0.1, 0.15) is 23.1 Å². The van der Waals surface area contributed by atoms with Gasteiger partial charge in [0.25, 0.3) is 5.91 Å². The van der Waals surface area contributed by atoms with Crippen molar-refractivity contribution in [2.24, 2.45) is 0 Å². The summed E-state index contributed by atoms with van der Waals surface area (Å²) in [6.07, 6.45) is 1.43. The van der Waals surface area contributed by atoms with E-state index in [9.17, 15) is 10.1 Å². The Morgan fingerprint density at radius 3 is 2.36 bits per heavy atom. The van der Waals surface area contributed by atoms with Crippen molar-refractivity contribution in [3.63, 3.8) is 0 Å². The lowest BCUT2D eigenvalue weighted by atomic mass is 10.1. The largest absolute Gasteiger partial charge is 0.497 e. The summed E-state index contributed by atoms with van der Waals surface area (Å²) in [5, 5.41) is 12.7. The molecule has 0 spiro atoms. The molecule has 128 valence electrons. The summed E-state index contributed by atoms with van der Waals surface area (Å²) in [6, 6.07) is 11.6. The van der Waals surface area contributed by atoms with E-state index in [0.717, 1.165) is 0 Å². The van der Waals surface area contributed by atoms with Crippen molar-refractivity contribution >= 4 is 40.9 Å². The lowest BCUT2D eigenvalue weighted by Gasteiger charge is -2.09. The van der Waals surface area contributed by atoms with Crippen LogP contribution in [0.3, 0.4) is 0 Å². The van der Waals surface area contributed by atoms with Crippen LogP contribution < -0.4 is 14.8 Å². The Kier molecular flexibility index (Phi) is 6.29. The minimum absolute atomic E-state index is 0.0976. The van der Waals surface area contributed by atoms with Crippen molar-refractivity contribution in [1.82, 2.24) is 0 Å². The van der Waals surface area contributed by atoms with Crippen molar-refractivity contribution in [1.29, 1.82) is 5.26 Å². The average Bonchev–Trinajstić information content (AvgIpc) is 2.58. The quantitative estimate of drug-likeness (QED) is 0.613. The van der Waals surface area contributed by atoms with Crippen LogP contribution in [0.15, 0.2) is 42.0 Å². The topological polar surface area (TPSA) is 71.3 Å². The zero-order valence-electron chi connectivity index (χ0n) is 13.5. The zero-order chi connectivity index (χ0) is 18.4. The highest BCUT2D eigenvalue weighted by atomic mass is 35.5. The van der Waals surface area contributed by atoms with Crippen molar-refractivity contribution in [3.8, 4) is 17.6 Å².